The number of carbonyl (C=O) groups excluding carboxylic acids is 1. The summed E-state index contributed by atoms with van der Waals surface area (Å²) in [6, 6.07) is 0. The fourth-order valence-corrected chi connectivity index (χ4v) is 6.52. The van der Waals surface area contributed by atoms with Crippen molar-refractivity contribution in [3.05, 3.63) is 0 Å². The molecule has 186 valence electrons. The summed E-state index contributed by atoms with van der Waals surface area (Å²) in [4.78, 5) is 30.9. The van der Waals surface area contributed by atoms with Gasteiger partial charge in [-0.25, -0.2) is 0 Å². The summed E-state index contributed by atoms with van der Waals surface area (Å²) in [5.41, 5.74) is 0. The van der Waals surface area contributed by atoms with Gasteiger partial charge in [0.05, 0.1) is 19.8 Å². The van der Waals surface area contributed by atoms with Crippen LogP contribution in [0.2, 0.25) is 0 Å². The molecule has 0 saturated carbocycles. The Labute approximate surface area is 188 Å². The molecule has 0 aliphatic carbocycles. The van der Waals surface area contributed by atoms with Crippen molar-refractivity contribution in [2.75, 3.05) is 19.8 Å². The van der Waals surface area contributed by atoms with Gasteiger partial charge in [0, 0.05) is 0 Å². The highest BCUT2D eigenvalue weighted by Crippen LogP contribution is 2.73. The van der Waals surface area contributed by atoms with Crippen molar-refractivity contribution in [1.29, 1.82) is 0 Å². The van der Waals surface area contributed by atoms with Crippen LogP contribution in [0.3, 0.4) is 0 Å². The van der Waals surface area contributed by atoms with Crippen molar-refractivity contribution in [2.45, 2.75) is 110 Å². The number of esters is 1. The third kappa shape index (κ3) is 10.5. The molecule has 31 heavy (non-hydrogen) atoms. The van der Waals surface area contributed by atoms with E-state index in [1.165, 1.54) is 6.92 Å². The smallest absolute Gasteiger partial charge is 0.357 e. The van der Waals surface area contributed by atoms with Crippen LogP contribution in [0.1, 0.15) is 105 Å². The van der Waals surface area contributed by atoms with Crippen molar-refractivity contribution in [2.24, 2.45) is 0 Å². The predicted octanol–water partition coefficient (Wildman–Crippen LogP) is 6.39. The standard InChI is InChI=1S/C21H44O8P2/c1-5-8-10-12-14-16-18-28-30(23,24)21(4,20(22)27-7-3)31(25,26)29-19-17-15-13-11-9-6-2/h5-19H2,1-4H3,(H,23,24)(H,25,26). The first-order chi connectivity index (χ1) is 14.6. The van der Waals surface area contributed by atoms with Gasteiger partial charge < -0.3 is 23.6 Å². The quantitative estimate of drug-likeness (QED) is 0.115. The largest absolute Gasteiger partial charge is 0.465 e. The van der Waals surface area contributed by atoms with Crippen LogP contribution in [-0.4, -0.2) is 40.5 Å². The van der Waals surface area contributed by atoms with Crippen molar-refractivity contribution < 1.29 is 37.5 Å². The van der Waals surface area contributed by atoms with Crippen LogP contribution in [0.5, 0.6) is 0 Å². The molecule has 10 heteroatoms. The zero-order chi connectivity index (χ0) is 23.8. The summed E-state index contributed by atoms with van der Waals surface area (Å²) < 4.78 is 41.0. The van der Waals surface area contributed by atoms with E-state index in [1.807, 2.05) is 0 Å². The predicted molar refractivity (Wildman–Crippen MR) is 123 cm³/mol. The Balaban J connectivity index is 5.01. The molecular formula is C21H44O8P2. The fourth-order valence-electron chi connectivity index (χ4n) is 3.05. The minimum absolute atomic E-state index is 0.0909. The maximum absolute atomic E-state index is 13.0. The van der Waals surface area contributed by atoms with Crippen molar-refractivity contribution >= 4 is 21.2 Å². The zero-order valence-corrected chi connectivity index (χ0v) is 21.6. The van der Waals surface area contributed by atoms with Gasteiger partial charge in [-0.3, -0.25) is 13.9 Å². The Hall–Kier alpha value is -0.230. The second-order valence-electron chi connectivity index (χ2n) is 7.98. The lowest BCUT2D eigenvalue weighted by Crippen LogP contribution is -2.38. The van der Waals surface area contributed by atoms with Gasteiger partial charge in [-0.15, -0.1) is 0 Å². The van der Waals surface area contributed by atoms with E-state index in [0.717, 1.165) is 71.1 Å². The van der Waals surface area contributed by atoms with Gasteiger partial charge in [0.2, 0.25) is 0 Å². The average molecular weight is 487 g/mol. The Bertz CT molecular complexity index is 544. The van der Waals surface area contributed by atoms with E-state index < -0.39 is 26.1 Å². The number of hydrogen-bond acceptors (Lipinski definition) is 6. The highest BCUT2D eigenvalue weighted by atomic mass is 31.2. The molecule has 0 saturated heterocycles. The number of hydrogen-bond donors (Lipinski definition) is 2. The maximum Gasteiger partial charge on any atom is 0.357 e. The average Bonchev–Trinajstić information content (AvgIpc) is 2.71. The topological polar surface area (TPSA) is 119 Å². The van der Waals surface area contributed by atoms with Gasteiger partial charge in [0.25, 0.3) is 4.90 Å². The number of ether oxygens (including phenoxy) is 1. The van der Waals surface area contributed by atoms with Gasteiger partial charge >= 0.3 is 21.2 Å². The second kappa shape index (κ2) is 16.4. The van der Waals surface area contributed by atoms with Gasteiger partial charge in [0.1, 0.15) is 0 Å². The summed E-state index contributed by atoms with van der Waals surface area (Å²) in [5.74, 6) is -1.27. The summed E-state index contributed by atoms with van der Waals surface area (Å²) >= 11 is 0. The molecule has 0 aromatic rings. The van der Waals surface area contributed by atoms with E-state index >= 15 is 0 Å². The molecule has 0 fully saturated rings. The van der Waals surface area contributed by atoms with Crippen molar-refractivity contribution in [1.82, 2.24) is 0 Å². The lowest BCUT2D eigenvalue weighted by molar-refractivity contribution is -0.144. The molecule has 0 heterocycles. The van der Waals surface area contributed by atoms with Gasteiger partial charge in [0.15, 0.2) is 0 Å². The van der Waals surface area contributed by atoms with Crippen LogP contribution >= 0.6 is 15.2 Å². The second-order valence-corrected chi connectivity index (χ2v) is 12.7. The number of unbranched alkanes of at least 4 members (excludes halogenated alkanes) is 10. The Morgan fingerprint density at radius 1 is 0.710 bits per heavy atom. The fraction of sp³-hybridized carbons (Fsp3) is 0.952. The Morgan fingerprint density at radius 3 is 1.42 bits per heavy atom. The first kappa shape index (κ1) is 30.8. The van der Waals surface area contributed by atoms with E-state index in [4.69, 9.17) is 13.8 Å². The van der Waals surface area contributed by atoms with Crippen LogP contribution in [0.15, 0.2) is 0 Å². The van der Waals surface area contributed by atoms with E-state index in [9.17, 15) is 23.7 Å². The SMILES string of the molecule is CCCCCCCCOP(=O)(O)C(C)(C(=O)OCC)P(=O)(O)OCCCCCCCC. The van der Waals surface area contributed by atoms with Gasteiger partial charge in [-0.2, -0.15) is 0 Å². The molecule has 0 amide bonds. The molecule has 0 spiro atoms. The molecule has 0 bridgehead atoms. The molecule has 0 aromatic heterocycles. The highest BCUT2D eigenvalue weighted by Gasteiger charge is 2.66. The molecule has 0 rings (SSSR count). The molecule has 2 N–H and O–H groups in total. The maximum atomic E-state index is 13.0. The van der Waals surface area contributed by atoms with Gasteiger partial charge in [-0.1, -0.05) is 78.1 Å². The first-order valence-corrected chi connectivity index (χ1v) is 14.9. The van der Waals surface area contributed by atoms with Crippen molar-refractivity contribution in [3.63, 3.8) is 0 Å². The zero-order valence-electron chi connectivity index (χ0n) is 19.8. The molecular weight excluding hydrogens is 442 g/mol. The summed E-state index contributed by atoms with van der Waals surface area (Å²) in [6.45, 7) is 6.38. The minimum atomic E-state index is -4.87. The molecule has 2 unspecified atom stereocenters. The molecule has 0 radical (unpaired) electrons. The molecule has 0 aliphatic rings. The Morgan fingerprint density at radius 2 is 1.06 bits per heavy atom. The molecule has 2 atom stereocenters. The Kier molecular flexibility index (Phi) is 16.3. The number of rotatable bonds is 20. The molecule has 0 aromatic carbocycles. The minimum Gasteiger partial charge on any atom is -0.465 e. The van der Waals surface area contributed by atoms with E-state index in [0.29, 0.717) is 12.8 Å². The van der Waals surface area contributed by atoms with Crippen LogP contribution in [-0.2, 0) is 27.7 Å². The lowest BCUT2D eigenvalue weighted by atomic mass is 10.1. The molecule has 0 aliphatic heterocycles. The van der Waals surface area contributed by atoms with Crippen LogP contribution in [0.4, 0.5) is 0 Å². The molecule has 8 nitrogen and oxygen atoms in total. The van der Waals surface area contributed by atoms with Crippen LogP contribution in [0.25, 0.3) is 0 Å². The summed E-state index contributed by atoms with van der Waals surface area (Å²) in [5, 5.41) is 0. The van der Waals surface area contributed by atoms with E-state index in [1.54, 1.807) is 0 Å². The highest BCUT2D eigenvalue weighted by molar-refractivity contribution is 7.75. The summed E-state index contributed by atoms with van der Waals surface area (Å²) in [6.07, 6.45) is 11.2. The van der Waals surface area contributed by atoms with Crippen LogP contribution in [0, 0.1) is 0 Å². The summed E-state index contributed by atoms with van der Waals surface area (Å²) in [7, 11) is -9.73. The third-order valence-corrected chi connectivity index (χ3v) is 10.4. The third-order valence-electron chi connectivity index (χ3n) is 5.29. The van der Waals surface area contributed by atoms with Crippen LogP contribution < -0.4 is 0 Å². The van der Waals surface area contributed by atoms with Gasteiger partial charge in [-0.05, 0) is 26.7 Å². The van der Waals surface area contributed by atoms with Crippen molar-refractivity contribution in [3.8, 4) is 0 Å². The monoisotopic (exact) mass is 486 g/mol. The van der Waals surface area contributed by atoms with E-state index in [2.05, 4.69) is 13.8 Å². The number of carbonyl (C=O) groups is 1. The first-order valence-electron chi connectivity index (χ1n) is 11.7. The lowest BCUT2D eigenvalue weighted by Gasteiger charge is -2.33. The normalized spacial score (nSPS) is 17.5. The van der Waals surface area contributed by atoms with E-state index in [-0.39, 0.29) is 19.8 Å².